The van der Waals surface area contributed by atoms with Gasteiger partial charge < -0.3 is 20.1 Å². The third-order valence-electron chi connectivity index (χ3n) is 4.95. The smallest absolute Gasteiger partial charge is 0.191 e. The number of methoxy groups -OCH3 is 1. The molecule has 0 radical (unpaired) electrons. The largest absolute Gasteiger partial charge is 0.493 e. The van der Waals surface area contributed by atoms with Crippen molar-refractivity contribution in [2.75, 3.05) is 14.2 Å². The van der Waals surface area contributed by atoms with Gasteiger partial charge in [-0.15, -0.1) is 11.3 Å². The molecule has 0 spiro atoms. The molecule has 2 N–H and O–H groups in total. The first-order valence-corrected chi connectivity index (χ1v) is 10.6. The minimum Gasteiger partial charge on any atom is -0.493 e. The number of aryl methyl sites for hydroxylation is 2. The molecule has 7 heteroatoms. The van der Waals surface area contributed by atoms with Gasteiger partial charge in [0.1, 0.15) is 0 Å². The van der Waals surface area contributed by atoms with E-state index in [1.807, 2.05) is 26.0 Å². The molecular weight excluding hydrogens is 372 g/mol. The molecule has 0 bridgehead atoms. The second-order valence-corrected chi connectivity index (χ2v) is 8.28. The monoisotopic (exact) mass is 402 g/mol. The maximum atomic E-state index is 6.31. The Bertz CT molecular complexity index is 813. The van der Waals surface area contributed by atoms with Gasteiger partial charge in [-0.2, -0.15) is 0 Å². The molecule has 1 fully saturated rings. The molecule has 0 atom stereocenters. The quantitative estimate of drug-likeness (QED) is 0.542. The van der Waals surface area contributed by atoms with Crippen LogP contribution in [-0.2, 0) is 13.1 Å². The average molecular weight is 403 g/mol. The van der Waals surface area contributed by atoms with Crippen molar-refractivity contribution in [2.24, 2.45) is 4.99 Å². The topological polar surface area (TPSA) is 67.8 Å². The molecule has 1 aromatic heterocycles. The molecule has 0 aliphatic heterocycles. The molecule has 0 saturated heterocycles. The van der Waals surface area contributed by atoms with E-state index >= 15 is 0 Å². The van der Waals surface area contributed by atoms with Crippen molar-refractivity contribution in [3.8, 4) is 11.5 Å². The number of nitrogens with one attached hydrogen (secondary N) is 2. The summed E-state index contributed by atoms with van der Waals surface area (Å²) in [5, 5.41) is 7.84. The van der Waals surface area contributed by atoms with Crippen LogP contribution in [0.2, 0.25) is 0 Å². The number of aliphatic imine (C=N–C) groups is 1. The Morgan fingerprint density at radius 3 is 2.61 bits per heavy atom. The number of para-hydroxylation sites is 1. The average Bonchev–Trinajstić information content (AvgIpc) is 3.31. The van der Waals surface area contributed by atoms with Gasteiger partial charge >= 0.3 is 0 Å². The maximum absolute atomic E-state index is 6.31. The van der Waals surface area contributed by atoms with Gasteiger partial charge in [0.2, 0.25) is 0 Å². The van der Waals surface area contributed by atoms with Crippen molar-refractivity contribution in [2.45, 2.75) is 58.7 Å². The Morgan fingerprint density at radius 1 is 1.21 bits per heavy atom. The molecule has 1 saturated carbocycles. The third kappa shape index (κ3) is 5.16. The van der Waals surface area contributed by atoms with Gasteiger partial charge in [0.25, 0.3) is 0 Å². The Kier molecular flexibility index (Phi) is 7.14. The third-order valence-corrected chi connectivity index (χ3v) is 6.03. The summed E-state index contributed by atoms with van der Waals surface area (Å²) in [6.45, 7) is 5.39. The lowest BCUT2D eigenvalue weighted by Crippen LogP contribution is -2.36. The summed E-state index contributed by atoms with van der Waals surface area (Å²) in [5.74, 6) is 2.37. The van der Waals surface area contributed by atoms with Crippen LogP contribution in [0.15, 0.2) is 23.2 Å². The summed E-state index contributed by atoms with van der Waals surface area (Å²) in [7, 11) is 3.47. The van der Waals surface area contributed by atoms with Gasteiger partial charge in [0.05, 0.1) is 30.5 Å². The van der Waals surface area contributed by atoms with Crippen LogP contribution in [0.5, 0.6) is 11.5 Å². The first kappa shape index (κ1) is 20.5. The molecule has 1 aliphatic carbocycles. The fourth-order valence-electron chi connectivity index (χ4n) is 3.47. The Morgan fingerprint density at radius 2 is 1.96 bits per heavy atom. The van der Waals surface area contributed by atoms with Crippen molar-refractivity contribution >= 4 is 17.3 Å². The zero-order valence-electron chi connectivity index (χ0n) is 17.2. The van der Waals surface area contributed by atoms with Crippen molar-refractivity contribution in [1.29, 1.82) is 0 Å². The molecule has 152 valence electrons. The van der Waals surface area contributed by atoms with Crippen LogP contribution in [0.25, 0.3) is 0 Å². The zero-order chi connectivity index (χ0) is 19.9. The Balaban J connectivity index is 1.64. The van der Waals surface area contributed by atoms with Crippen molar-refractivity contribution in [3.05, 3.63) is 39.3 Å². The molecule has 1 heterocycles. The summed E-state index contributed by atoms with van der Waals surface area (Å²) in [6.07, 6.45) is 4.98. The molecule has 1 aromatic carbocycles. The summed E-state index contributed by atoms with van der Waals surface area (Å²) < 4.78 is 11.9. The molecule has 28 heavy (non-hydrogen) atoms. The number of hydrogen-bond acceptors (Lipinski definition) is 5. The van der Waals surface area contributed by atoms with Gasteiger partial charge in [-0.05, 0) is 45.6 Å². The minimum absolute atomic E-state index is 0.282. The summed E-state index contributed by atoms with van der Waals surface area (Å²) in [4.78, 5) is 10.0. The maximum Gasteiger partial charge on any atom is 0.191 e. The lowest BCUT2D eigenvalue weighted by atomic mass is 10.1. The Hall–Kier alpha value is -2.28. The lowest BCUT2D eigenvalue weighted by Gasteiger charge is -2.20. The van der Waals surface area contributed by atoms with Crippen molar-refractivity contribution < 1.29 is 9.47 Å². The number of benzene rings is 1. The molecule has 2 aromatic rings. The van der Waals surface area contributed by atoms with E-state index < -0.39 is 0 Å². The highest BCUT2D eigenvalue weighted by molar-refractivity contribution is 7.11. The van der Waals surface area contributed by atoms with Gasteiger partial charge in [0.15, 0.2) is 17.5 Å². The lowest BCUT2D eigenvalue weighted by molar-refractivity contribution is 0.198. The van der Waals surface area contributed by atoms with Crippen LogP contribution >= 0.6 is 11.3 Å². The number of aromatic nitrogens is 1. The van der Waals surface area contributed by atoms with Crippen LogP contribution in [0.4, 0.5) is 0 Å². The SMILES string of the molecule is CN=C(NCc1cccc(OC)c1OC1CCCC1)NCc1sc(C)nc1C. The second kappa shape index (κ2) is 9.78. The number of nitrogens with zero attached hydrogens (tertiary/aromatic N) is 2. The van der Waals surface area contributed by atoms with Crippen LogP contribution in [-0.4, -0.2) is 31.2 Å². The second-order valence-electron chi connectivity index (χ2n) is 6.99. The van der Waals surface area contributed by atoms with Crippen molar-refractivity contribution in [3.63, 3.8) is 0 Å². The van der Waals surface area contributed by atoms with E-state index in [2.05, 4.69) is 26.7 Å². The van der Waals surface area contributed by atoms with Gasteiger partial charge in [0, 0.05) is 24.0 Å². The summed E-state index contributed by atoms with van der Waals surface area (Å²) in [6, 6.07) is 6.02. The molecular formula is C21H30N4O2S. The minimum atomic E-state index is 0.282. The van der Waals surface area contributed by atoms with Gasteiger partial charge in [-0.3, -0.25) is 4.99 Å². The van der Waals surface area contributed by atoms with Gasteiger partial charge in [-0.1, -0.05) is 12.1 Å². The summed E-state index contributed by atoms with van der Waals surface area (Å²) in [5.41, 5.74) is 2.14. The molecule has 3 rings (SSSR count). The van der Waals surface area contributed by atoms with E-state index in [4.69, 9.17) is 9.47 Å². The van der Waals surface area contributed by atoms with E-state index in [1.165, 1.54) is 17.7 Å². The predicted octanol–water partition coefficient (Wildman–Crippen LogP) is 3.96. The van der Waals surface area contributed by atoms with E-state index in [0.29, 0.717) is 13.1 Å². The molecule has 1 aliphatic rings. The normalized spacial score (nSPS) is 14.9. The molecule has 0 amide bonds. The standard InChI is InChI=1S/C21H30N4O2S/c1-14-19(28-15(2)25-14)13-24-21(22-3)23-12-16-8-7-11-18(26-4)20(16)27-17-9-5-6-10-17/h7-8,11,17H,5-6,9-10,12-13H2,1-4H3,(H2,22,23,24). The first-order valence-electron chi connectivity index (χ1n) is 9.80. The highest BCUT2D eigenvalue weighted by atomic mass is 32.1. The Labute approximate surface area is 171 Å². The molecule has 6 nitrogen and oxygen atoms in total. The number of thiazole rings is 1. The van der Waals surface area contributed by atoms with E-state index in [0.717, 1.165) is 46.6 Å². The first-order chi connectivity index (χ1) is 13.6. The molecule has 0 unspecified atom stereocenters. The van der Waals surface area contributed by atoms with E-state index in [9.17, 15) is 0 Å². The predicted molar refractivity (Wildman–Crippen MR) is 115 cm³/mol. The van der Waals surface area contributed by atoms with E-state index in [1.54, 1.807) is 25.5 Å². The number of guanidine groups is 1. The highest BCUT2D eigenvalue weighted by Crippen LogP contribution is 2.34. The summed E-state index contributed by atoms with van der Waals surface area (Å²) >= 11 is 1.71. The fourth-order valence-corrected chi connectivity index (χ4v) is 4.35. The van der Waals surface area contributed by atoms with Crippen LogP contribution in [0.1, 0.15) is 46.8 Å². The van der Waals surface area contributed by atoms with Crippen LogP contribution in [0.3, 0.4) is 0 Å². The van der Waals surface area contributed by atoms with Crippen LogP contribution in [0, 0.1) is 13.8 Å². The number of rotatable bonds is 7. The van der Waals surface area contributed by atoms with Crippen molar-refractivity contribution in [1.82, 2.24) is 15.6 Å². The van der Waals surface area contributed by atoms with E-state index in [-0.39, 0.29) is 6.10 Å². The highest BCUT2D eigenvalue weighted by Gasteiger charge is 2.20. The fraction of sp³-hybridized carbons (Fsp3) is 0.524. The number of ether oxygens (including phenoxy) is 2. The number of hydrogen-bond donors (Lipinski definition) is 2. The zero-order valence-corrected chi connectivity index (χ0v) is 18.0. The van der Waals surface area contributed by atoms with Gasteiger partial charge in [-0.25, -0.2) is 4.98 Å². The van der Waals surface area contributed by atoms with Crippen LogP contribution < -0.4 is 20.1 Å².